The highest BCUT2D eigenvalue weighted by Crippen LogP contribution is 2.53. The smallest absolute Gasteiger partial charge is 0.299 e. The molecule has 0 N–H and O–H groups in total. The first-order valence-electron chi connectivity index (χ1n) is 12.4. The van der Waals surface area contributed by atoms with Crippen molar-refractivity contribution in [2.45, 2.75) is 81.7 Å². The van der Waals surface area contributed by atoms with Crippen LogP contribution in [0.3, 0.4) is 0 Å². The number of alkyl halides is 7. The quantitative estimate of drug-likeness (QED) is 0.185. The Morgan fingerprint density at radius 1 is 0.816 bits per heavy atom. The summed E-state index contributed by atoms with van der Waals surface area (Å²) >= 11 is 1.15. The van der Waals surface area contributed by atoms with Gasteiger partial charge < -0.3 is 0 Å². The third-order valence-corrected chi connectivity index (χ3v) is 8.04. The van der Waals surface area contributed by atoms with Gasteiger partial charge in [-0.05, 0) is 66.7 Å². The van der Waals surface area contributed by atoms with Crippen molar-refractivity contribution in [2.24, 2.45) is 5.92 Å². The molecule has 1 aliphatic carbocycles. The molecule has 0 bridgehead atoms. The molecule has 0 amide bonds. The normalized spacial score (nSPS) is 19.2. The third-order valence-electron chi connectivity index (χ3n) is 7.00. The van der Waals surface area contributed by atoms with E-state index in [1.807, 2.05) is 32.9 Å². The fourth-order valence-electron chi connectivity index (χ4n) is 5.10. The number of benzene rings is 2. The maximum absolute atomic E-state index is 14.2. The molecule has 0 aliphatic heterocycles. The molecule has 2 nitrogen and oxygen atoms in total. The molecule has 0 spiro atoms. The molecule has 0 radical (unpaired) electrons. The average molecular weight is 563 g/mol. The summed E-state index contributed by atoms with van der Waals surface area (Å²) < 4.78 is 91.8. The topological polar surface area (TPSA) is 34.1 Å². The minimum Gasteiger partial charge on any atom is -0.299 e. The van der Waals surface area contributed by atoms with Crippen LogP contribution in [0.2, 0.25) is 0 Å². The van der Waals surface area contributed by atoms with E-state index in [4.69, 9.17) is 0 Å². The number of thioether (sulfide) groups is 1. The predicted octanol–water partition coefficient (Wildman–Crippen LogP) is 8.22. The molecule has 2 aromatic rings. The molecule has 0 aromatic heterocycles. The lowest BCUT2D eigenvalue weighted by Crippen LogP contribution is -2.50. The number of hydrogen-bond acceptors (Lipinski definition) is 3. The maximum atomic E-state index is 14.2. The summed E-state index contributed by atoms with van der Waals surface area (Å²) in [6.07, 6.45) is -10.0. The number of carbonyl (C=O) groups excluding carboxylic acids is 2. The van der Waals surface area contributed by atoms with Gasteiger partial charge in [-0.15, -0.1) is 11.8 Å². The Labute approximate surface area is 221 Å². The van der Waals surface area contributed by atoms with Gasteiger partial charge in [0.25, 0.3) is 0 Å². The molecule has 1 saturated carbocycles. The van der Waals surface area contributed by atoms with Crippen LogP contribution in [0.15, 0.2) is 41.3 Å². The second kappa shape index (κ2) is 11.4. The van der Waals surface area contributed by atoms with E-state index in [0.717, 1.165) is 46.1 Å². The van der Waals surface area contributed by atoms with Gasteiger partial charge in [0, 0.05) is 23.3 Å². The molecular weight excluding hydrogens is 533 g/mol. The number of ketones is 2. The van der Waals surface area contributed by atoms with Gasteiger partial charge in [-0.25, -0.2) is 4.39 Å². The van der Waals surface area contributed by atoms with E-state index in [1.165, 1.54) is 0 Å². The van der Waals surface area contributed by atoms with Crippen LogP contribution in [0.4, 0.5) is 30.7 Å². The lowest BCUT2D eigenvalue weighted by atomic mass is 9.73. The Hall–Kier alpha value is -2.36. The van der Waals surface area contributed by atoms with Gasteiger partial charge in [0.2, 0.25) is 0 Å². The van der Waals surface area contributed by atoms with Crippen molar-refractivity contribution in [3.63, 3.8) is 0 Å². The SMILES string of the molecule is CCc1cc(C)cc(CC)c1C1C(=O)CC(CCSc2ccc(C(F)(C(F)(F)F)C(F)(F)F)cc2)CC1=O. The molecule has 0 heterocycles. The van der Waals surface area contributed by atoms with Crippen LogP contribution in [-0.4, -0.2) is 29.7 Å². The number of rotatable bonds is 8. The Bertz CT molecular complexity index is 1110. The fraction of sp³-hybridized carbons (Fsp3) is 0.500. The van der Waals surface area contributed by atoms with Crippen molar-refractivity contribution in [3.05, 3.63) is 64.2 Å². The lowest BCUT2D eigenvalue weighted by molar-refractivity contribution is -0.348. The van der Waals surface area contributed by atoms with E-state index in [-0.39, 0.29) is 30.3 Å². The van der Waals surface area contributed by atoms with Crippen LogP contribution in [-0.2, 0) is 28.1 Å². The second-order valence-electron chi connectivity index (χ2n) is 9.66. The number of Topliss-reactive ketones (excluding diaryl/α,β-unsaturated/α-hetero) is 2. The van der Waals surface area contributed by atoms with E-state index in [2.05, 4.69) is 0 Å². The van der Waals surface area contributed by atoms with Crippen molar-refractivity contribution < 1.29 is 40.3 Å². The highest BCUT2D eigenvalue weighted by atomic mass is 32.2. The van der Waals surface area contributed by atoms with Gasteiger partial charge in [0.1, 0.15) is 17.5 Å². The first-order valence-corrected chi connectivity index (χ1v) is 13.4. The van der Waals surface area contributed by atoms with Gasteiger partial charge in [-0.1, -0.05) is 43.7 Å². The second-order valence-corrected chi connectivity index (χ2v) is 10.8. The van der Waals surface area contributed by atoms with Gasteiger partial charge in [-0.3, -0.25) is 9.59 Å². The molecule has 208 valence electrons. The largest absolute Gasteiger partial charge is 0.435 e. The zero-order valence-electron chi connectivity index (χ0n) is 21.2. The van der Waals surface area contributed by atoms with Gasteiger partial charge in [0.15, 0.2) is 0 Å². The molecule has 0 saturated heterocycles. The van der Waals surface area contributed by atoms with Gasteiger partial charge in [-0.2, -0.15) is 26.3 Å². The fourth-order valence-corrected chi connectivity index (χ4v) is 6.12. The Morgan fingerprint density at radius 2 is 1.29 bits per heavy atom. The van der Waals surface area contributed by atoms with Gasteiger partial charge in [0.05, 0.1) is 0 Å². The highest BCUT2D eigenvalue weighted by molar-refractivity contribution is 7.99. The van der Waals surface area contributed by atoms with Crippen LogP contribution in [0.1, 0.15) is 66.8 Å². The van der Waals surface area contributed by atoms with Crippen molar-refractivity contribution >= 4 is 23.3 Å². The number of halogens is 7. The average Bonchev–Trinajstić information content (AvgIpc) is 2.82. The summed E-state index contributed by atoms with van der Waals surface area (Å²) in [5.74, 6) is -0.855. The third kappa shape index (κ3) is 5.95. The van der Waals surface area contributed by atoms with Crippen molar-refractivity contribution in [1.82, 2.24) is 0 Å². The van der Waals surface area contributed by atoms with E-state index >= 15 is 0 Å². The van der Waals surface area contributed by atoms with Crippen molar-refractivity contribution in [3.8, 4) is 0 Å². The molecule has 10 heteroatoms. The summed E-state index contributed by atoms with van der Waals surface area (Å²) in [5.41, 5.74) is -3.10. The molecule has 1 fully saturated rings. The summed E-state index contributed by atoms with van der Waals surface area (Å²) in [6, 6.07) is 7.02. The zero-order valence-corrected chi connectivity index (χ0v) is 22.0. The van der Waals surface area contributed by atoms with Crippen LogP contribution in [0.5, 0.6) is 0 Å². The monoisotopic (exact) mass is 562 g/mol. The molecule has 0 unspecified atom stereocenters. The first-order chi connectivity index (χ1) is 17.6. The summed E-state index contributed by atoms with van der Waals surface area (Å²) in [6.45, 7) is 5.96. The Balaban J connectivity index is 1.65. The predicted molar refractivity (Wildman–Crippen MR) is 132 cm³/mol. The molecule has 38 heavy (non-hydrogen) atoms. The summed E-state index contributed by atoms with van der Waals surface area (Å²) in [7, 11) is 0. The van der Waals surface area contributed by atoms with E-state index < -0.39 is 29.5 Å². The molecule has 3 rings (SSSR count). The van der Waals surface area contributed by atoms with E-state index in [0.29, 0.717) is 42.0 Å². The first kappa shape index (κ1) is 30.2. The van der Waals surface area contributed by atoms with E-state index in [9.17, 15) is 40.3 Å². The Morgan fingerprint density at radius 3 is 1.71 bits per heavy atom. The zero-order chi connectivity index (χ0) is 28.5. The molecule has 2 aromatic carbocycles. The molecule has 1 aliphatic rings. The minimum absolute atomic E-state index is 0.132. The molecular formula is C28H29F7O2S. The van der Waals surface area contributed by atoms with Crippen molar-refractivity contribution in [1.29, 1.82) is 0 Å². The van der Waals surface area contributed by atoms with Crippen LogP contribution >= 0.6 is 11.8 Å². The standard InChI is InChI=1S/C28H29F7O2S/c1-4-18-12-16(3)13-19(5-2)24(18)25-22(36)14-17(15-23(25)37)10-11-38-21-8-6-20(7-9-21)26(29,27(30,31)32)28(33,34)35/h6-9,12-13,17,25H,4-5,10-11,14-15H2,1-3H3. The highest BCUT2D eigenvalue weighted by Gasteiger charge is 2.73. The van der Waals surface area contributed by atoms with Crippen molar-refractivity contribution in [2.75, 3.05) is 5.75 Å². The maximum Gasteiger partial charge on any atom is 0.435 e. The van der Waals surface area contributed by atoms with Crippen LogP contribution in [0, 0.1) is 12.8 Å². The van der Waals surface area contributed by atoms with E-state index in [1.54, 1.807) is 0 Å². The molecule has 0 atom stereocenters. The minimum atomic E-state index is -6.16. The Kier molecular flexibility index (Phi) is 9.06. The lowest BCUT2D eigenvalue weighted by Gasteiger charge is -2.30. The van der Waals surface area contributed by atoms with Crippen LogP contribution in [0.25, 0.3) is 0 Å². The number of carbonyl (C=O) groups is 2. The summed E-state index contributed by atoms with van der Waals surface area (Å²) in [4.78, 5) is 26.6. The number of hydrogen-bond donors (Lipinski definition) is 0. The van der Waals surface area contributed by atoms with Gasteiger partial charge >= 0.3 is 18.0 Å². The summed E-state index contributed by atoms with van der Waals surface area (Å²) in [5, 5.41) is 0. The van der Waals surface area contributed by atoms with Crippen LogP contribution < -0.4 is 0 Å². The number of aryl methyl sites for hydroxylation is 3.